The summed E-state index contributed by atoms with van der Waals surface area (Å²) in [6, 6.07) is 0. The van der Waals surface area contributed by atoms with Crippen LogP contribution in [0.4, 0.5) is 0 Å². The number of rotatable bonds is 2. The van der Waals surface area contributed by atoms with Crippen LogP contribution in [0.25, 0.3) is 0 Å². The molecule has 0 saturated carbocycles. The Labute approximate surface area is 87.0 Å². The molecule has 1 rings (SSSR count). The highest BCUT2D eigenvalue weighted by molar-refractivity contribution is 5.57. The lowest BCUT2D eigenvalue weighted by Crippen LogP contribution is -2.03. The molecular formula is C14H18. The second-order valence-electron chi connectivity index (χ2n) is 3.36. The van der Waals surface area contributed by atoms with Crippen molar-refractivity contribution in [2.45, 2.75) is 26.7 Å². The van der Waals surface area contributed by atoms with Crippen molar-refractivity contribution in [3.05, 3.63) is 59.8 Å². The number of allylic oxidation sites excluding steroid dienone is 8. The zero-order chi connectivity index (χ0) is 10.6. The monoisotopic (exact) mass is 186 g/mol. The summed E-state index contributed by atoms with van der Waals surface area (Å²) in [7, 11) is 0. The Morgan fingerprint density at radius 3 is 2.14 bits per heavy atom. The molecule has 0 unspecified atom stereocenters. The molecule has 0 nitrogen and oxygen atoms in total. The molecule has 0 fully saturated rings. The Kier molecular flexibility index (Phi) is 3.70. The molecule has 0 heterocycles. The summed E-state index contributed by atoms with van der Waals surface area (Å²) < 4.78 is 0. The molecule has 0 radical (unpaired) electrons. The number of hydrogen-bond acceptors (Lipinski definition) is 0. The zero-order valence-electron chi connectivity index (χ0n) is 9.14. The van der Waals surface area contributed by atoms with Crippen molar-refractivity contribution in [1.29, 1.82) is 0 Å². The molecule has 0 heteroatoms. The smallest absolute Gasteiger partial charge is 0.0159 e. The topological polar surface area (TPSA) is 0 Å². The van der Waals surface area contributed by atoms with E-state index in [1.165, 1.54) is 22.3 Å². The molecule has 0 spiro atoms. The summed E-state index contributed by atoms with van der Waals surface area (Å²) in [5, 5.41) is 0. The fourth-order valence-electron chi connectivity index (χ4n) is 1.98. The van der Waals surface area contributed by atoms with Crippen molar-refractivity contribution in [3.63, 3.8) is 0 Å². The van der Waals surface area contributed by atoms with Gasteiger partial charge in [-0.25, -0.2) is 0 Å². The van der Waals surface area contributed by atoms with Crippen LogP contribution in [0.2, 0.25) is 0 Å². The average Bonchev–Trinajstić information content (AvgIpc) is 2.26. The van der Waals surface area contributed by atoms with E-state index in [-0.39, 0.29) is 0 Å². The summed E-state index contributed by atoms with van der Waals surface area (Å²) in [5.41, 5.74) is 5.32. The standard InChI is InChI=1S/C14H18/c1-5-11-9-10-12(6-2)14(8-4)13(11)7-3/h5-8H,1,3,9-10H2,2,4H3/b12-6-,14-8+. The first-order valence-corrected chi connectivity index (χ1v) is 5.08. The van der Waals surface area contributed by atoms with Gasteiger partial charge >= 0.3 is 0 Å². The lowest BCUT2D eigenvalue weighted by molar-refractivity contribution is 0.912. The molecule has 0 N–H and O–H groups in total. The molecule has 1 aliphatic carbocycles. The molecule has 0 aromatic carbocycles. The van der Waals surface area contributed by atoms with Crippen LogP contribution in [0.15, 0.2) is 59.8 Å². The number of hydrogen-bond donors (Lipinski definition) is 0. The second-order valence-corrected chi connectivity index (χ2v) is 3.36. The normalized spacial score (nSPS) is 23.0. The maximum absolute atomic E-state index is 3.88. The molecule has 1 aliphatic rings. The zero-order valence-corrected chi connectivity index (χ0v) is 9.14. The molecule has 0 aliphatic heterocycles. The first-order chi connectivity index (χ1) is 6.78. The lowest BCUT2D eigenvalue weighted by Gasteiger charge is -2.22. The van der Waals surface area contributed by atoms with Gasteiger partial charge in [-0.3, -0.25) is 0 Å². The van der Waals surface area contributed by atoms with Gasteiger partial charge in [0, 0.05) is 0 Å². The van der Waals surface area contributed by atoms with Crippen molar-refractivity contribution in [2.24, 2.45) is 0 Å². The van der Waals surface area contributed by atoms with Crippen LogP contribution in [0.1, 0.15) is 26.7 Å². The average molecular weight is 186 g/mol. The summed E-state index contributed by atoms with van der Waals surface area (Å²) in [6.07, 6.45) is 10.5. The van der Waals surface area contributed by atoms with Gasteiger partial charge in [-0.2, -0.15) is 0 Å². The van der Waals surface area contributed by atoms with Gasteiger partial charge in [-0.05, 0) is 49.0 Å². The molecule has 74 valence electrons. The van der Waals surface area contributed by atoms with Gasteiger partial charge in [0.05, 0.1) is 0 Å². The molecule has 0 bridgehead atoms. The highest BCUT2D eigenvalue weighted by atomic mass is 14.2. The third-order valence-electron chi connectivity index (χ3n) is 2.73. The van der Waals surface area contributed by atoms with Gasteiger partial charge in [0.1, 0.15) is 0 Å². The fraction of sp³-hybridized carbons (Fsp3) is 0.286. The summed E-state index contributed by atoms with van der Waals surface area (Å²) in [4.78, 5) is 0. The molecule has 0 saturated heterocycles. The Balaban J connectivity index is 3.28. The summed E-state index contributed by atoms with van der Waals surface area (Å²) >= 11 is 0. The van der Waals surface area contributed by atoms with Crippen molar-refractivity contribution >= 4 is 0 Å². The molecule has 0 amide bonds. The second kappa shape index (κ2) is 4.80. The molecule has 14 heavy (non-hydrogen) atoms. The molecular weight excluding hydrogens is 168 g/mol. The van der Waals surface area contributed by atoms with Gasteiger partial charge < -0.3 is 0 Å². The minimum Gasteiger partial charge on any atom is -0.0988 e. The summed E-state index contributed by atoms with van der Waals surface area (Å²) in [5.74, 6) is 0. The van der Waals surface area contributed by atoms with E-state index in [0.717, 1.165) is 12.8 Å². The van der Waals surface area contributed by atoms with E-state index < -0.39 is 0 Å². The van der Waals surface area contributed by atoms with Crippen LogP contribution in [-0.2, 0) is 0 Å². The Morgan fingerprint density at radius 2 is 1.71 bits per heavy atom. The Hall–Kier alpha value is -1.30. The molecule has 0 aromatic rings. The van der Waals surface area contributed by atoms with E-state index in [2.05, 4.69) is 39.2 Å². The van der Waals surface area contributed by atoms with Gasteiger partial charge in [-0.15, -0.1) is 0 Å². The summed E-state index contributed by atoms with van der Waals surface area (Å²) in [6.45, 7) is 11.9. The van der Waals surface area contributed by atoms with E-state index in [1.54, 1.807) is 0 Å². The van der Waals surface area contributed by atoms with Gasteiger partial charge in [0.25, 0.3) is 0 Å². The molecule has 0 atom stereocenters. The minimum absolute atomic E-state index is 1.09. The van der Waals surface area contributed by atoms with Crippen LogP contribution < -0.4 is 0 Å². The quantitative estimate of drug-likeness (QED) is 0.601. The van der Waals surface area contributed by atoms with Crippen molar-refractivity contribution in [1.82, 2.24) is 0 Å². The highest BCUT2D eigenvalue weighted by Gasteiger charge is 2.16. The van der Waals surface area contributed by atoms with Gasteiger partial charge in [-0.1, -0.05) is 37.5 Å². The van der Waals surface area contributed by atoms with Gasteiger partial charge in [0.15, 0.2) is 0 Å². The van der Waals surface area contributed by atoms with E-state index in [0.29, 0.717) is 0 Å². The van der Waals surface area contributed by atoms with E-state index in [9.17, 15) is 0 Å². The van der Waals surface area contributed by atoms with E-state index in [1.807, 2.05) is 12.2 Å². The van der Waals surface area contributed by atoms with Gasteiger partial charge in [0.2, 0.25) is 0 Å². The van der Waals surface area contributed by atoms with Crippen LogP contribution in [-0.4, -0.2) is 0 Å². The lowest BCUT2D eigenvalue weighted by atomic mass is 9.83. The van der Waals surface area contributed by atoms with Crippen LogP contribution in [0.5, 0.6) is 0 Å². The van der Waals surface area contributed by atoms with Crippen LogP contribution in [0, 0.1) is 0 Å². The van der Waals surface area contributed by atoms with E-state index >= 15 is 0 Å². The fourth-order valence-corrected chi connectivity index (χ4v) is 1.98. The predicted molar refractivity (Wildman–Crippen MR) is 64.2 cm³/mol. The van der Waals surface area contributed by atoms with Crippen LogP contribution >= 0.6 is 0 Å². The largest absolute Gasteiger partial charge is 0.0988 e. The highest BCUT2D eigenvalue weighted by Crippen LogP contribution is 2.34. The van der Waals surface area contributed by atoms with Crippen molar-refractivity contribution in [3.8, 4) is 0 Å². The first-order valence-electron chi connectivity index (χ1n) is 5.08. The Bertz CT molecular complexity index is 335. The van der Waals surface area contributed by atoms with E-state index in [4.69, 9.17) is 0 Å². The van der Waals surface area contributed by atoms with Crippen molar-refractivity contribution in [2.75, 3.05) is 0 Å². The third kappa shape index (κ3) is 1.79. The predicted octanol–water partition coefficient (Wildman–Crippen LogP) is 4.34. The Morgan fingerprint density at radius 1 is 1.00 bits per heavy atom. The maximum atomic E-state index is 3.88. The maximum Gasteiger partial charge on any atom is -0.0159 e. The van der Waals surface area contributed by atoms with Crippen molar-refractivity contribution < 1.29 is 0 Å². The van der Waals surface area contributed by atoms with Crippen LogP contribution in [0.3, 0.4) is 0 Å². The third-order valence-corrected chi connectivity index (χ3v) is 2.73. The first kappa shape index (κ1) is 10.8. The SMILES string of the molecule is C=CC1=C(C=C)C(=C/C)/C(=C\C)CC1. The minimum atomic E-state index is 1.09. The molecule has 0 aromatic heterocycles.